The first-order valence-corrected chi connectivity index (χ1v) is 11.0. The maximum absolute atomic E-state index is 12.6. The van der Waals surface area contributed by atoms with E-state index in [1.54, 1.807) is 37.3 Å². The number of aliphatic hydroxyl groups excluding tert-OH is 1. The van der Waals surface area contributed by atoms with E-state index in [0.29, 0.717) is 11.3 Å². The molecule has 0 saturated heterocycles. The van der Waals surface area contributed by atoms with Gasteiger partial charge in [0.25, 0.3) is 0 Å². The summed E-state index contributed by atoms with van der Waals surface area (Å²) in [4.78, 5) is 25.1. The maximum Gasteiger partial charge on any atom is 0.340 e. The van der Waals surface area contributed by atoms with Gasteiger partial charge in [-0.15, -0.1) is 0 Å². The number of aliphatic hydroxyl groups is 1. The molecule has 0 aromatic heterocycles. The highest BCUT2D eigenvalue weighted by molar-refractivity contribution is 6.06. The van der Waals surface area contributed by atoms with E-state index in [-0.39, 0.29) is 12.5 Å². The minimum absolute atomic E-state index is 0.155. The van der Waals surface area contributed by atoms with Crippen molar-refractivity contribution in [3.8, 4) is 0 Å². The maximum atomic E-state index is 12.6. The van der Waals surface area contributed by atoms with Crippen LogP contribution in [0, 0.1) is 0 Å². The second kappa shape index (κ2) is 10.6. The number of carbonyl (C=O) groups is 2. The highest BCUT2D eigenvalue weighted by Gasteiger charge is 2.14. The average Bonchev–Trinajstić information content (AvgIpc) is 2.86. The highest BCUT2D eigenvalue weighted by Crippen LogP contribution is 2.22. The van der Waals surface area contributed by atoms with Crippen LogP contribution in [0.2, 0.25) is 0 Å². The molecule has 0 saturated carbocycles. The van der Waals surface area contributed by atoms with Crippen molar-refractivity contribution in [2.45, 2.75) is 19.6 Å². The summed E-state index contributed by atoms with van der Waals surface area (Å²) >= 11 is 0. The highest BCUT2D eigenvalue weighted by atomic mass is 16.5. The predicted octanol–water partition coefficient (Wildman–Crippen LogP) is 5.90. The minimum atomic E-state index is -0.522. The van der Waals surface area contributed by atoms with Crippen LogP contribution in [0.15, 0.2) is 97.1 Å². The molecule has 4 aromatic carbocycles. The van der Waals surface area contributed by atoms with Crippen molar-refractivity contribution in [1.82, 2.24) is 0 Å². The van der Waals surface area contributed by atoms with E-state index in [1.807, 2.05) is 66.7 Å². The molecule has 2 N–H and O–H groups in total. The number of rotatable bonds is 7. The van der Waals surface area contributed by atoms with Gasteiger partial charge in [0.05, 0.1) is 17.4 Å². The second-order valence-electron chi connectivity index (χ2n) is 7.97. The zero-order chi connectivity index (χ0) is 23.9. The monoisotopic (exact) mass is 451 g/mol. The first kappa shape index (κ1) is 23.0. The number of carbonyl (C=O) groups excluding carboxylic acids is 2. The fourth-order valence-electron chi connectivity index (χ4n) is 3.56. The number of anilines is 1. The smallest absolute Gasteiger partial charge is 0.340 e. The lowest BCUT2D eigenvalue weighted by Crippen LogP contribution is -2.13. The van der Waals surface area contributed by atoms with Gasteiger partial charge in [-0.3, -0.25) is 4.79 Å². The molecule has 0 spiro atoms. The van der Waals surface area contributed by atoms with Crippen LogP contribution in [0.4, 0.5) is 5.69 Å². The lowest BCUT2D eigenvalue weighted by molar-refractivity contribution is -0.111. The minimum Gasteiger partial charge on any atom is -0.457 e. The zero-order valence-electron chi connectivity index (χ0n) is 18.8. The quantitative estimate of drug-likeness (QED) is 0.271. The normalized spacial score (nSPS) is 11.9. The molecule has 0 bridgehead atoms. The molecule has 0 aliphatic rings. The van der Waals surface area contributed by atoms with Crippen molar-refractivity contribution < 1.29 is 19.4 Å². The van der Waals surface area contributed by atoms with E-state index < -0.39 is 12.1 Å². The van der Waals surface area contributed by atoms with Crippen LogP contribution in [0.1, 0.15) is 40.1 Å². The third-order valence-electron chi connectivity index (χ3n) is 5.42. The molecule has 1 atom stereocenters. The van der Waals surface area contributed by atoms with Crippen molar-refractivity contribution in [3.05, 3.63) is 119 Å². The Morgan fingerprint density at radius 3 is 2.41 bits per heavy atom. The summed E-state index contributed by atoms with van der Waals surface area (Å²) in [6, 6.07) is 27.8. The molecular formula is C29H25NO4. The fraction of sp³-hybridized carbons (Fsp3) is 0.103. The number of hydrogen-bond donors (Lipinski definition) is 2. The van der Waals surface area contributed by atoms with Crippen LogP contribution in [-0.2, 0) is 16.1 Å². The number of ether oxygens (including phenoxy) is 1. The van der Waals surface area contributed by atoms with E-state index in [0.717, 1.165) is 27.5 Å². The first-order chi connectivity index (χ1) is 16.5. The molecule has 1 amide bonds. The summed E-state index contributed by atoms with van der Waals surface area (Å²) < 4.78 is 5.41. The summed E-state index contributed by atoms with van der Waals surface area (Å²) in [5.41, 5.74) is 3.29. The van der Waals surface area contributed by atoms with Crippen LogP contribution >= 0.6 is 0 Å². The number of amides is 1. The van der Waals surface area contributed by atoms with Crippen LogP contribution in [0.25, 0.3) is 16.8 Å². The zero-order valence-corrected chi connectivity index (χ0v) is 18.8. The van der Waals surface area contributed by atoms with E-state index in [4.69, 9.17) is 4.74 Å². The van der Waals surface area contributed by atoms with Crippen LogP contribution in [-0.4, -0.2) is 17.0 Å². The molecule has 0 radical (unpaired) electrons. The number of fused-ring (bicyclic) bond motifs is 1. The van der Waals surface area contributed by atoms with Crippen molar-refractivity contribution in [2.24, 2.45) is 0 Å². The van der Waals surface area contributed by atoms with Gasteiger partial charge in [-0.05, 0) is 64.7 Å². The van der Waals surface area contributed by atoms with Gasteiger partial charge in [0.1, 0.15) is 6.61 Å². The number of benzene rings is 4. The van der Waals surface area contributed by atoms with Crippen LogP contribution in [0.5, 0.6) is 0 Å². The van der Waals surface area contributed by atoms with Gasteiger partial charge < -0.3 is 15.2 Å². The molecule has 5 heteroatoms. The Labute approximate surface area is 198 Å². The van der Waals surface area contributed by atoms with Gasteiger partial charge in [-0.2, -0.15) is 0 Å². The van der Waals surface area contributed by atoms with Crippen LogP contribution < -0.4 is 5.32 Å². The summed E-state index contributed by atoms with van der Waals surface area (Å²) in [6.45, 7) is 1.89. The number of nitrogens with one attached hydrogen (secondary N) is 1. The van der Waals surface area contributed by atoms with Gasteiger partial charge in [-0.1, -0.05) is 66.7 Å². The lowest BCUT2D eigenvalue weighted by Gasteiger charge is -2.10. The molecule has 0 fully saturated rings. The summed E-state index contributed by atoms with van der Waals surface area (Å²) in [7, 11) is 0. The summed E-state index contributed by atoms with van der Waals surface area (Å²) in [5.74, 6) is -0.859. The third-order valence-corrected chi connectivity index (χ3v) is 5.42. The molecule has 0 heterocycles. The SMILES string of the molecule is CC(O)c1ccc2cc(C=CC(=O)Nc3ccccc3C(=O)OCc3ccccc3)ccc2c1. The summed E-state index contributed by atoms with van der Waals surface area (Å²) in [6.07, 6.45) is 2.62. The standard InChI is InChI=1S/C29H25NO4/c1-20(31)23-14-15-24-17-21(11-13-25(24)18-23)12-16-28(32)30-27-10-6-5-9-26(27)29(33)34-19-22-7-3-2-4-8-22/h2-18,20,31H,19H2,1H3,(H,30,32). The molecule has 4 aromatic rings. The van der Waals surface area contributed by atoms with Crippen molar-refractivity contribution >= 4 is 34.4 Å². The molecule has 1 unspecified atom stereocenters. The largest absolute Gasteiger partial charge is 0.457 e. The summed E-state index contributed by atoms with van der Waals surface area (Å²) in [5, 5.41) is 14.5. The molecule has 170 valence electrons. The molecule has 0 aliphatic heterocycles. The first-order valence-electron chi connectivity index (χ1n) is 11.0. The second-order valence-corrected chi connectivity index (χ2v) is 7.97. The molecule has 34 heavy (non-hydrogen) atoms. The third kappa shape index (κ3) is 5.77. The molecular weight excluding hydrogens is 426 g/mol. The number of para-hydroxylation sites is 1. The number of hydrogen-bond acceptors (Lipinski definition) is 4. The molecule has 4 rings (SSSR count). The Morgan fingerprint density at radius 2 is 1.62 bits per heavy atom. The van der Waals surface area contributed by atoms with E-state index in [2.05, 4.69) is 5.32 Å². The van der Waals surface area contributed by atoms with E-state index >= 15 is 0 Å². The van der Waals surface area contributed by atoms with Gasteiger partial charge in [0, 0.05) is 6.08 Å². The van der Waals surface area contributed by atoms with Gasteiger partial charge >= 0.3 is 5.97 Å². The Bertz CT molecular complexity index is 1340. The van der Waals surface area contributed by atoms with E-state index in [9.17, 15) is 14.7 Å². The van der Waals surface area contributed by atoms with Gasteiger partial charge in [0.2, 0.25) is 5.91 Å². The molecule has 5 nitrogen and oxygen atoms in total. The Morgan fingerprint density at radius 1 is 0.912 bits per heavy atom. The number of esters is 1. The topological polar surface area (TPSA) is 75.6 Å². The van der Waals surface area contributed by atoms with Crippen molar-refractivity contribution in [3.63, 3.8) is 0 Å². The van der Waals surface area contributed by atoms with Gasteiger partial charge in [-0.25, -0.2) is 4.79 Å². The van der Waals surface area contributed by atoms with Crippen LogP contribution in [0.3, 0.4) is 0 Å². The Balaban J connectivity index is 1.43. The van der Waals surface area contributed by atoms with Crippen molar-refractivity contribution in [1.29, 1.82) is 0 Å². The van der Waals surface area contributed by atoms with Crippen molar-refractivity contribution in [2.75, 3.05) is 5.32 Å². The van der Waals surface area contributed by atoms with E-state index in [1.165, 1.54) is 6.08 Å². The lowest BCUT2D eigenvalue weighted by atomic mass is 10.0. The Hall–Kier alpha value is -4.22. The Kier molecular flexibility index (Phi) is 7.16. The van der Waals surface area contributed by atoms with Gasteiger partial charge in [0.15, 0.2) is 0 Å². The molecule has 0 aliphatic carbocycles. The average molecular weight is 452 g/mol. The predicted molar refractivity (Wildman–Crippen MR) is 134 cm³/mol. The fourth-order valence-corrected chi connectivity index (χ4v) is 3.56.